The second-order valence-electron chi connectivity index (χ2n) is 5.91. The maximum Gasteiger partial charge on any atom is 0.265 e. The van der Waals surface area contributed by atoms with Crippen LogP contribution in [-0.4, -0.2) is 21.6 Å². The Morgan fingerprint density at radius 2 is 2.08 bits per heavy atom. The fourth-order valence-corrected chi connectivity index (χ4v) is 3.08. The van der Waals surface area contributed by atoms with Crippen molar-refractivity contribution in [2.45, 2.75) is 13.5 Å². The molecule has 0 saturated carbocycles. The molecular weight excluding hydrogens is 302 g/mol. The Morgan fingerprint density at radius 1 is 1.21 bits per heavy atom. The Kier molecular flexibility index (Phi) is 3.34. The molecule has 0 fully saturated rings. The summed E-state index contributed by atoms with van der Waals surface area (Å²) in [4.78, 5) is 20.5. The number of nitrogens with zero attached hydrogens (tertiary/aromatic N) is 2. The maximum atomic E-state index is 12.8. The highest BCUT2D eigenvalue weighted by atomic mass is 16.5. The quantitative estimate of drug-likeness (QED) is 0.630. The number of fused-ring (bicyclic) bond motifs is 2. The van der Waals surface area contributed by atoms with Crippen molar-refractivity contribution in [3.63, 3.8) is 0 Å². The molecule has 24 heavy (non-hydrogen) atoms. The van der Waals surface area contributed by atoms with Gasteiger partial charge in [0.15, 0.2) is 0 Å². The second kappa shape index (κ2) is 5.53. The van der Waals surface area contributed by atoms with E-state index in [2.05, 4.69) is 22.1 Å². The lowest BCUT2D eigenvalue weighted by atomic mass is 10.1. The number of rotatable bonds is 3. The molecular formula is C19H17N3O2. The molecule has 0 aliphatic heterocycles. The summed E-state index contributed by atoms with van der Waals surface area (Å²) in [5, 5.41) is 1.66. The third-order valence-corrected chi connectivity index (χ3v) is 4.21. The van der Waals surface area contributed by atoms with Crippen molar-refractivity contribution >= 4 is 21.8 Å². The van der Waals surface area contributed by atoms with E-state index in [1.807, 2.05) is 31.2 Å². The largest absolute Gasteiger partial charge is 0.496 e. The monoisotopic (exact) mass is 319 g/mol. The molecule has 5 heteroatoms. The van der Waals surface area contributed by atoms with Crippen LogP contribution in [0.1, 0.15) is 11.3 Å². The van der Waals surface area contributed by atoms with Gasteiger partial charge in [0.2, 0.25) is 0 Å². The highest BCUT2D eigenvalue weighted by Crippen LogP contribution is 2.21. The molecule has 0 bridgehead atoms. The molecule has 4 aromatic rings. The van der Waals surface area contributed by atoms with Crippen LogP contribution in [0, 0.1) is 6.92 Å². The standard InChI is InChI=1S/C19H17N3O2/c1-12-8-14-9-13(6-7-15(14)21-12)10-22-11-20-16-4-3-5-17(24-2)18(16)19(22)23/h3-9,11,21H,10H2,1-2H3. The van der Waals surface area contributed by atoms with Gasteiger partial charge in [0, 0.05) is 11.2 Å². The molecule has 2 aromatic heterocycles. The van der Waals surface area contributed by atoms with E-state index in [1.54, 1.807) is 24.1 Å². The number of ether oxygens (including phenoxy) is 1. The lowest BCUT2D eigenvalue weighted by molar-refractivity contribution is 0.419. The summed E-state index contributed by atoms with van der Waals surface area (Å²) >= 11 is 0. The molecule has 0 radical (unpaired) electrons. The van der Waals surface area contributed by atoms with Gasteiger partial charge in [0.25, 0.3) is 5.56 Å². The van der Waals surface area contributed by atoms with E-state index in [9.17, 15) is 4.79 Å². The van der Waals surface area contributed by atoms with Crippen molar-refractivity contribution in [1.29, 1.82) is 0 Å². The number of aromatic nitrogens is 3. The Labute approximate surface area is 138 Å². The molecule has 2 heterocycles. The zero-order chi connectivity index (χ0) is 16.7. The van der Waals surface area contributed by atoms with Crippen LogP contribution in [0.3, 0.4) is 0 Å². The van der Waals surface area contributed by atoms with Crippen LogP contribution in [0.2, 0.25) is 0 Å². The first-order valence-electron chi connectivity index (χ1n) is 7.76. The van der Waals surface area contributed by atoms with Crippen molar-refractivity contribution in [3.8, 4) is 5.75 Å². The molecule has 0 saturated heterocycles. The number of aryl methyl sites for hydroxylation is 1. The van der Waals surface area contributed by atoms with E-state index in [0.717, 1.165) is 22.2 Å². The van der Waals surface area contributed by atoms with Gasteiger partial charge in [-0.15, -0.1) is 0 Å². The molecule has 120 valence electrons. The first kappa shape index (κ1) is 14.5. The van der Waals surface area contributed by atoms with Gasteiger partial charge in [0.1, 0.15) is 11.1 Å². The number of hydrogen-bond acceptors (Lipinski definition) is 3. The number of nitrogens with one attached hydrogen (secondary N) is 1. The fourth-order valence-electron chi connectivity index (χ4n) is 3.08. The van der Waals surface area contributed by atoms with Crippen molar-refractivity contribution in [3.05, 3.63) is 70.4 Å². The minimum absolute atomic E-state index is 0.0946. The molecule has 5 nitrogen and oxygen atoms in total. The van der Waals surface area contributed by atoms with E-state index < -0.39 is 0 Å². The van der Waals surface area contributed by atoms with Crippen LogP contribution in [0.5, 0.6) is 5.75 Å². The molecule has 0 aliphatic carbocycles. The smallest absolute Gasteiger partial charge is 0.265 e. The van der Waals surface area contributed by atoms with Gasteiger partial charge in [-0.3, -0.25) is 9.36 Å². The Bertz CT molecular complexity index is 1110. The van der Waals surface area contributed by atoms with Crippen LogP contribution in [0.25, 0.3) is 21.8 Å². The summed E-state index contributed by atoms with van der Waals surface area (Å²) < 4.78 is 6.93. The van der Waals surface area contributed by atoms with E-state index in [4.69, 9.17) is 4.74 Å². The fraction of sp³-hybridized carbons (Fsp3) is 0.158. The molecule has 0 amide bonds. The van der Waals surface area contributed by atoms with Crippen LogP contribution >= 0.6 is 0 Å². The van der Waals surface area contributed by atoms with Crippen molar-refractivity contribution in [2.24, 2.45) is 0 Å². The maximum absolute atomic E-state index is 12.8. The summed E-state index contributed by atoms with van der Waals surface area (Å²) in [6.07, 6.45) is 1.59. The molecule has 0 spiro atoms. The molecule has 0 aliphatic rings. The Hall–Kier alpha value is -3.08. The number of benzene rings is 2. The number of aromatic amines is 1. The predicted octanol–water partition coefficient (Wildman–Crippen LogP) is 3.24. The molecule has 1 N–H and O–H groups in total. The molecule has 2 aromatic carbocycles. The lowest BCUT2D eigenvalue weighted by Gasteiger charge is -2.09. The first-order chi connectivity index (χ1) is 11.7. The van der Waals surface area contributed by atoms with Gasteiger partial charge in [-0.1, -0.05) is 12.1 Å². The third kappa shape index (κ3) is 2.34. The third-order valence-electron chi connectivity index (χ3n) is 4.21. The zero-order valence-corrected chi connectivity index (χ0v) is 13.5. The lowest BCUT2D eigenvalue weighted by Crippen LogP contribution is -2.21. The van der Waals surface area contributed by atoms with Gasteiger partial charge in [-0.25, -0.2) is 4.98 Å². The number of H-pyrrole nitrogens is 1. The highest BCUT2D eigenvalue weighted by Gasteiger charge is 2.10. The summed E-state index contributed by atoms with van der Waals surface area (Å²) in [5.74, 6) is 0.552. The van der Waals surface area contributed by atoms with Crippen LogP contribution < -0.4 is 10.3 Å². The normalized spacial score (nSPS) is 11.2. The average Bonchev–Trinajstić information content (AvgIpc) is 2.96. The minimum Gasteiger partial charge on any atom is -0.496 e. The first-order valence-corrected chi connectivity index (χ1v) is 7.76. The van der Waals surface area contributed by atoms with Gasteiger partial charge in [-0.2, -0.15) is 0 Å². The number of methoxy groups -OCH3 is 1. The van der Waals surface area contributed by atoms with E-state index >= 15 is 0 Å². The summed E-state index contributed by atoms with van der Waals surface area (Å²) in [5.41, 5.74) is 3.83. The summed E-state index contributed by atoms with van der Waals surface area (Å²) in [6, 6.07) is 13.7. The predicted molar refractivity (Wildman–Crippen MR) is 94.7 cm³/mol. The Balaban J connectivity index is 1.80. The van der Waals surface area contributed by atoms with E-state index in [0.29, 0.717) is 23.2 Å². The van der Waals surface area contributed by atoms with Crippen molar-refractivity contribution in [2.75, 3.05) is 7.11 Å². The average molecular weight is 319 g/mol. The molecule has 0 atom stereocenters. The SMILES string of the molecule is COc1cccc2ncn(Cc3ccc4[nH]c(C)cc4c3)c(=O)c12. The van der Waals surface area contributed by atoms with Gasteiger partial charge in [0.05, 0.1) is 25.5 Å². The topological polar surface area (TPSA) is 59.9 Å². The summed E-state index contributed by atoms with van der Waals surface area (Å²) in [6.45, 7) is 2.50. The van der Waals surface area contributed by atoms with E-state index in [1.165, 1.54) is 0 Å². The minimum atomic E-state index is -0.0946. The summed E-state index contributed by atoms with van der Waals surface area (Å²) in [7, 11) is 1.56. The van der Waals surface area contributed by atoms with Crippen LogP contribution in [0.15, 0.2) is 53.6 Å². The van der Waals surface area contributed by atoms with Gasteiger partial charge < -0.3 is 9.72 Å². The van der Waals surface area contributed by atoms with Crippen LogP contribution in [0.4, 0.5) is 0 Å². The van der Waals surface area contributed by atoms with E-state index in [-0.39, 0.29) is 5.56 Å². The van der Waals surface area contributed by atoms with Crippen molar-refractivity contribution < 1.29 is 4.74 Å². The van der Waals surface area contributed by atoms with Crippen molar-refractivity contribution in [1.82, 2.24) is 14.5 Å². The zero-order valence-electron chi connectivity index (χ0n) is 13.5. The molecule has 0 unspecified atom stereocenters. The Morgan fingerprint density at radius 3 is 2.92 bits per heavy atom. The molecule has 4 rings (SSSR count). The highest BCUT2D eigenvalue weighted by molar-refractivity contribution is 5.84. The number of hydrogen-bond donors (Lipinski definition) is 1. The second-order valence-corrected chi connectivity index (χ2v) is 5.91. The van der Waals surface area contributed by atoms with Crippen LogP contribution in [-0.2, 0) is 6.54 Å². The van der Waals surface area contributed by atoms with Gasteiger partial charge in [-0.05, 0) is 48.2 Å². The van der Waals surface area contributed by atoms with Gasteiger partial charge >= 0.3 is 0 Å².